The number of carbonyl (C=O) groups is 1. The van der Waals surface area contributed by atoms with Crippen LogP contribution in [0.2, 0.25) is 0 Å². The zero-order chi connectivity index (χ0) is 13.7. The second kappa shape index (κ2) is 6.17. The Morgan fingerprint density at radius 2 is 2.11 bits per heavy atom. The molecule has 0 amide bonds. The summed E-state index contributed by atoms with van der Waals surface area (Å²) < 4.78 is 0. The molecule has 0 N–H and O–H groups in total. The molecular weight excluding hydrogens is 256 g/mol. The van der Waals surface area contributed by atoms with Gasteiger partial charge in [-0.3, -0.25) is 9.78 Å². The number of carbonyl (C=O) groups excluding carboxylic acids is 1. The summed E-state index contributed by atoms with van der Waals surface area (Å²) >= 11 is 1.50. The van der Waals surface area contributed by atoms with Crippen molar-refractivity contribution in [1.29, 1.82) is 5.26 Å². The average molecular weight is 268 g/mol. The molecule has 0 aliphatic carbocycles. The van der Waals surface area contributed by atoms with E-state index in [4.69, 9.17) is 0 Å². The molecule has 19 heavy (non-hydrogen) atoms. The van der Waals surface area contributed by atoms with E-state index in [1.165, 1.54) is 11.8 Å². The molecule has 1 atom stereocenters. The zero-order valence-electron chi connectivity index (χ0n) is 10.4. The predicted molar refractivity (Wildman–Crippen MR) is 75.1 cm³/mol. The number of nitriles is 1. The standard InChI is InChI=1S/C15H12N2OS/c1-19-14-7-3-2-6-12(14)15(18)13(9-16)11-5-4-8-17-10-11/h2-8,10,13H,1H3. The SMILES string of the molecule is CSc1ccccc1C(=O)C(C#N)c1cccnc1. The van der Waals surface area contributed by atoms with Crippen molar-refractivity contribution >= 4 is 17.5 Å². The molecule has 3 nitrogen and oxygen atoms in total. The third-order valence-corrected chi connectivity index (χ3v) is 3.58. The zero-order valence-corrected chi connectivity index (χ0v) is 11.2. The van der Waals surface area contributed by atoms with Gasteiger partial charge in [0.25, 0.3) is 0 Å². The summed E-state index contributed by atoms with van der Waals surface area (Å²) in [6.45, 7) is 0. The van der Waals surface area contributed by atoms with Crippen molar-refractivity contribution in [3.63, 3.8) is 0 Å². The van der Waals surface area contributed by atoms with Crippen LogP contribution in [0.3, 0.4) is 0 Å². The number of rotatable bonds is 4. The summed E-state index contributed by atoms with van der Waals surface area (Å²) in [5, 5.41) is 9.27. The third-order valence-electron chi connectivity index (χ3n) is 2.78. The topological polar surface area (TPSA) is 53.8 Å². The molecule has 0 spiro atoms. The van der Waals surface area contributed by atoms with Gasteiger partial charge in [-0.2, -0.15) is 5.26 Å². The van der Waals surface area contributed by atoms with Gasteiger partial charge in [0.05, 0.1) is 6.07 Å². The number of aromatic nitrogens is 1. The van der Waals surface area contributed by atoms with Crippen molar-refractivity contribution < 1.29 is 4.79 Å². The van der Waals surface area contributed by atoms with Crippen LogP contribution < -0.4 is 0 Å². The Bertz CT molecular complexity index is 620. The van der Waals surface area contributed by atoms with Gasteiger partial charge in [0, 0.05) is 22.9 Å². The smallest absolute Gasteiger partial charge is 0.185 e. The molecule has 0 saturated carbocycles. The van der Waals surface area contributed by atoms with Crippen LogP contribution in [0.5, 0.6) is 0 Å². The molecule has 2 aromatic rings. The van der Waals surface area contributed by atoms with Crippen molar-refractivity contribution in [3.05, 3.63) is 59.9 Å². The fraction of sp³-hybridized carbons (Fsp3) is 0.133. The summed E-state index contributed by atoms with van der Waals surface area (Å²) in [6.07, 6.45) is 5.10. The Hall–Kier alpha value is -2.12. The summed E-state index contributed by atoms with van der Waals surface area (Å²) in [6, 6.07) is 12.9. The monoisotopic (exact) mass is 268 g/mol. The van der Waals surface area contributed by atoms with Crippen LogP contribution in [0.1, 0.15) is 21.8 Å². The minimum absolute atomic E-state index is 0.180. The van der Waals surface area contributed by atoms with Crippen molar-refractivity contribution in [1.82, 2.24) is 4.98 Å². The third kappa shape index (κ3) is 2.83. The first-order valence-electron chi connectivity index (χ1n) is 5.74. The fourth-order valence-electron chi connectivity index (χ4n) is 1.83. The molecule has 0 aliphatic heterocycles. The average Bonchev–Trinajstić information content (AvgIpc) is 2.49. The van der Waals surface area contributed by atoms with E-state index >= 15 is 0 Å². The highest BCUT2D eigenvalue weighted by molar-refractivity contribution is 7.98. The van der Waals surface area contributed by atoms with Crippen molar-refractivity contribution in [2.75, 3.05) is 6.26 Å². The molecule has 0 radical (unpaired) electrons. The maximum atomic E-state index is 12.5. The first-order chi connectivity index (χ1) is 9.27. The molecule has 1 aromatic carbocycles. The van der Waals surface area contributed by atoms with E-state index in [1.807, 2.05) is 24.5 Å². The lowest BCUT2D eigenvalue weighted by Crippen LogP contribution is -2.12. The second-order valence-electron chi connectivity index (χ2n) is 3.91. The number of pyridine rings is 1. The van der Waals surface area contributed by atoms with Crippen LogP contribution in [0.15, 0.2) is 53.7 Å². The van der Waals surface area contributed by atoms with E-state index in [-0.39, 0.29) is 5.78 Å². The van der Waals surface area contributed by atoms with Crippen molar-refractivity contribution in [2.45, 2.75) is 10.8 Å². The van der Waals surface area contributed by atoms with Gasteiger partial charge in [-0.25, -0.2) is 0 Å². The van der Waals surface area contributed by atoms with Gasteiger partial charge >= 0.3 is 0 Å². The van der Waals surface area contributed by atoms with Crippen LogP contribution >= 0.6 is 11.8 Å². The lowest BCUT2D eigenvalue weighted by Gasteiger charge is -2.10. The number of thioether (sulfide) groups is 1. The molecule has 1 aromatic heterocycles. The lowest BCUT2D eigenvalue weighted by atomic mass is 9.93. The quantitative estimate of drug-likeness (QED) is 0.630. The van der Waals surface area contributed by atoms with Gasteiger partial charge in [-0.1, -0.05) is 24.3 Å². The Labute approximate surface area is 116 Å². The van der Waals surface area contributed by atoms with Crippen LogP contribution in [0.25, 0.3) is 0 Å². The second-order valence-corrected chi connectivity index (χ2v) is 4.76. The van der Waals surface area contributed by atoms with Gasteiger partial charge in [-0.05, 0) is 24.0 Å². The Morgan fingerprint density at radius 1 is 1.32 bits per heavy atom. The van der Waals surface area contributed by atoms with Crippen LogP contribution in [-0.4, -0.2) is 17.0 Å². The van der Waals surface area contributed by atoms with Crippen molar-refractivity contribution in [3.8, 4) is 6.07 Å². The van der Waals surface area contributed by atoms with Gasteiger partial charge in [0.15, 0.2) is 5.78 Å². The molecular formula is C15H12N2OS. The minimum Gasteiger partial charge on any atom is -0.292 e. The Morgan fingerprint density at radius 3 is 2.74 bits per heavy atom. The molecule has 0 aliphatic rings. The van der Waals surface area contributed by atoms with E-state index < -0.39 is 5.92 Å². The predicted octanol–water partition coefficient (Wildman–Crippen LogP) is 3.29. The number of nitrogens with zero attached hydrogens (tertiary/aromatic N) is 2. The van der Waals surface area contributed by atoms with Crippen LogP contribution in [0, 0.1) is 11.3 Å². The summed E-state index contributed by atoms with van der Waals surface area (Å²) in [7, 11) is 0. The molecule has 4 heteroatoms. The number of benzene rings is 1. The Kier molecular flexibility index (Phi) is 4.32. The van der Waals surface area contributed by atoms with E-state index in [0.717, 1.165) is 4.90 Å². The summed E-state index contributed by atoms with van der Waals surface area (Å²) in [5.41, 5.74) is 1.22. The fourth-order valence-corrected chi connectivity index (χ4v) is 2.44. The molecule has 0 fully saturated rings. The highest BCUT2D eigenvalue weighted by atomic mass is 32.2. The highest BCUT2D eigenvalue weighted by Crippen LogP contribution is 2.26. The van der Waals surface area contributed by atoms with Gasteiger partial charge < -0.3 is 0 Å². The molecule has 94 valence electrons. The first kappa shape index (κ1) is 13.3. The molecule has 0 saturated heterocycles. The van der Waals surface area contributed by atoms with E-state index in [1.54, 1.807) is 30.6 Å². The minimum atomic E-state index is -0.804. The Balaban J connectivity index is 2.40. The van der Waals surface area contributed by atoms with E-state index in [9.17, 15) is 10.1 Å². The number of hydrogen-bond donors (Lipinski definition) is 0. The largest absolute Gasteiger partial charge is 0.292 e. The number of hydrogen-bond acceptors (Lipinski definition) is 4. The van der Waals surface area contributed by atoms with E-state index in [0.29, 0.717) is 11.1 Å². The first-order valence-corrected chi connectivity index (χ1v) is 6.97. The number of ketones is 1. The summed E-state index contributed by atoms with van der Waals surface area (Å²) in [4.78, 5) is 17.3. The molecule has 2 rings (SSSR count). The van der Waals surface area contributed by atoms with Gasteiger partial charge in [0.1, 0.15) is 5.92 Å². The lowest BCUT2D eigenvalue weighted by molar-refractivity contribution is 0.0976. The highest BCUT2D eigenvalue weighted by Gasteiger charge is 2.23. The number of Topliss-reactive ketones (excluding diaryl/α,β-unsaturated/α-hetero) is 1. The maximum Gasteiger partial charge on any atom is 0.185 e. The van der Waals surface area contributed by atoms with Crippen LogP contribution in [-0.2, 0) is 0 Å². The molecule has 1 unspecified atom stereocenters. The normalized spacial score (nSPS) is 11.6. The van der Waals surface area contributed by atoms with Crippen molar-refractivity contribution in [2.24, 2.45) is 0 Å². The molecule has 1 heterocycles. The van der Waals surface area contributed by atoms with Gasteiger partial charge in [0.2, 0.25) is 0 Å². The maximum absolute atomic E-state index is 12.5. The van der Waals surface area contributed by atoms with Gasteiger partial charge in [-0.15, -0.1) is 11.8 Å². The molecule has 0 bridgehead atoms. The summed E-state index contributed by atoms with van der Waals surface area (Å²) in [5.74, 6) is -0.984. The van der Waals surface area contributed by atoms with Crippen LogP contribution in [0.4, 0.5) is 0 Å². The van der Waals surface area contributed by atoms with E-state index in [2.05, 4.69) is 11.1 Å².